The number of furan rings is 1. The summed E-state index contributed by atoms with van der Waals surface area (Å²) >= 11 is 0. The van der Waals surface area contributed by atoms with E-state index in [1.165, 1.54) is 0 Å². The minimum atomic E-state index is -1.08. The lowest BCUT2D eigenvalue weighted by molar-refractivity contribution is 0.0477. The van der Waals surface area contributed by atoms with Gasteiger partial charge in [0.05, 0.1) is 24.4 Å². The molecule has 0 spiro atoms. The van der Waals surface area contributed by atoms with Gasteiger partial charge in [0.15, 0.2) is 5.65 Å². The van der Waals surface area contributed by atoms with Crippen molar-refractivity contribution in [3.05, 3.63) is 42.6 Å². The summed E-state index contributed by atoms with van der Waals surface area (Å²) in [4.78, 5) is 4.28. The monoisotopic (exact) mass is 272 g/mol. The molecule has 0 aliphatic carbocycles. The van der Waals surface area contributed by atoms with Crippen LogP contribution >= 0.6 is 0 Å². The molecule has 6 nitrogen and oxygen atoms in total. The predicted molar refractivity (Wildman–Crippen MR) is 75.3 cm³/mol. The molecule has 20 heavy (non-hydrogen) atoms. The number of aromatic nitrogens is 3. The topological polar surface area (TPSA) is 76.1 Å². The molecular formula is C14H16N4O2. The number of nitrogens with zero attached hydrogens (tertiary/aromatic N) is 3. The fourth-order valence-corrected chi connectivity index (χ4v) is 2.14. The Balaban J connectivity index is 1.84. The quantitative estimate of drug-likeness (QED) is 0.758. The molecule has 3 aromatic rings. The van der Waals surface area contributed by atoms with Crippen LogP contribution in [0.1, 0.15) is 12.7 Å². The maximum absolute atomic E-state index is 10.4. The van der Waals surface area contributed by atoms with E-state index in [0.29, 0.717) is 12.3 Å². The van der Waals surface area contributed by atoms with Crippen molar-refractivity contribution in [3.8, 4) is 0 Å². The summed E-state index contributed by atoms with van der Waals surface area (Å²) < 4.78 is 6.97. The Morgan fingerprint density at radius 1 is 1.45 bits per heavy atom. The average Bonchev–Trinajstić information content (AvgIpc) is 3.07. The van der Waals surface area contributed by atoms with Crippen molar-refractivity contribution < 1.29 is 9.52 Å². The highest BCUT2D eigenvalue weighted by atomic mass is 16.4. The Morgan fingerprint density at radius 2 is 2.30 bits per heavy atom. The van der Waals surface area contributed by atoms with Crippen molar-refractivity contribution >= 4 is 16.7 Å². The van der Waals surface area contributed by atoms with Crippen molar-refractivity contribution in [2.75, 3.05) is 11.9 Å². The summed E-state index contributed by atoms with van der Waals surface area (Å²) in [5.74, 6) is 0.529. The first-order valence-corrected chi connectivity index (χ1v) is 6.35. The molecule has 0 unspecified atom stereocenters. The lowest BCUT2D eigenvalue weighted by Crippen LogP contribution is -2.30. The number of aliphatic hydroxyl groups is 1. The van der Waals surface area contributed by atoms with Gasteiger partial charge in [-0.15, -0.1) is 0 Å². The normalized spacial score (nSPS) is 14.3. The molecule has 3 aromatic heterocycles. The largest absolute Gasteiger partial charge is 0.466 e. The summed E-state index contributed by atoms with van der Waals surface area (Å²) in [7, 11) is 1.85. The number of rotatable bonds is 4. The summed E-state index contributed by atoms with van der Waals surface area (Å²) in [6, 6.07) is 5.38. The van der Waals surface area contributed by atoms with E-state index in [0.717, 1.165) is 16.7 Å². The van der Waals surface area contributed by atoms with Crippen LogP contribution < -0.4 is 5.32 Å². The number of nitrogens with one attached hydrogen (secondary N) is 1. The van der Waals surface area contributed by atoms with Crippen molar-refractivity contribution in [1.29, 1.82) is 0 Å². The summed E-state index contributed by atoms with van der Waals surface area (Å²) in [5.41, 5.74) is 0.601. The van der Waals surface area contributed by atoms with E-state index < -0.39 is 5.60 Å². The summed E-state index contributed by atoms with van der Waals surface area (Å²) in [5, 5.41) is 18.8. The minimum Gasteiger partial charge on any atom is -0.466 e. The Kier molecular flexibility index (Phi) is 2.94. The van der Waals surface area contributed by atoms with Crippen molar-refractivity contribution in [2.45, 2.75) is 12.5 Å². The standard InChI is InChI=1S/C14H16N4O2/c1-14(19,12-4-3-7-20-12)9-16-11-5-6-15-13-10(11)8-17-18(13)2/h3-8,19H,9H2,1-2H3,(H,15,16)/t14-/m1/s1. The molecule has 0 amide bonds. The first-order valence-electron chi connectivity index (χ1n) is 6.35. The SMILES string of the molecule is Cn1ncc2c(NC[C@@](C)(O)c3ccco3)ccnc21. The lowest BCUT2D eigenvalue weighted by Gasteiger charge is -2.22. The Bertz CT molecular complexity index is 716. The molecule has 3 heterocycles. The zero-order chi connectivity index (χ0) is 14.2. The molecule has 1 atom stereocenters. The van der Waals surface area contributed by atoms with Crippen LogP contribution in [0.5, 0.6) is 0 Å². The van der Waals surface area contributed by atoms with E-state index in [1.807, 2.05) is 13.1 Å². The third-order valence-corrected chi connectivity index (χ3v) is 3.31. The second kappa shape index (κ2) is 4.64. The highest BCUT2D eigenvalue weighted by Crippen LogP contribution is 2.25. The van der Waals surface area contributed by atoms with Crippen LogP contribution in [0.25, 0.3) is 11.0 Å². The first kappa shape index (κ1) is 12.7. The van der Waals surface area contributed by atoms with E-state index in [1.54, 1.807) is 42.4 Å². The van der Waals surface area contributed by atoms with Gasteiger partial charge in [-0.25, -0.2) is 4.98 Å². The van der Waals surface area contributed by atoms with Gasteiger partial charge in [0.1, 0.15) is 11.4 Å². The van der Waals surface area contributed by atoms with Gasteiger partial charge in [-0.05, 0) is 25.1 Å². The van der Waals surface area contributed by atoms with Gasteiger partial charge >= 0.3 is 0 Å². The smallest absolute Gasteiger partial charge is 0.159 e. The zero-order valence-electron chi connectivity index (χ0n) is 11.4. The third-order valence-electron chi connectivity index (χ3n) is 3.31. The highest BCUT2D eigenvalue weighted by molar-refractivity contribution is 5.88. The van der Waals surface area contributed by atoms with Gasteiger partial charge in [0.2, 0.25) is 0 Å². The molecule has 0 aliphatic rings. The maximum Gasteiger partial charge on any atom is 0.159 e. The van der Waals surface area contributed by atoms with Gasteiger partial charge < -0.3 is 14.8 Å². The van der Waals surface area contributed by atoms with E-state index in [9.17, 15) is 5.11 Å². The molecule has 0 aromatic carbocycles. The molecule has 0 bridgehead atoms. The zero-order valence-corrected chi connectivity index (χ0v) is 11.4. The highest BCUT2D eigenvalue weighted by Gasteiger charge is 2.26. The summed E-state index contributed by atoms with van der Waals surface area (Å²) in [6.45, 7) is 2.04. The molecule has 0 saturated carbocycles. The Hall–Kier alpha value is -2.34. The number of anilines is 1. The first-order chi connectivity index (χ1) is 9.58. The van der Waals surface area contributed by atoms with E-state index in [-0.39, 0.29) is 0 Å². The number of aryl methyl sites for hydroxylation is 1. The van der Waals surface area contributed by atoms with Crippen LogP contribution in [0.2, 0.25) is 0 Å². The fourth-order valence-electron chi connectivity index (χ4n) is 2.14. The van der Waals surface area contributed by atoms with Crippen LogP contribution in [0.3, 0.4) is 0 Å². The number of fused-ring (bicyclic) bond motifs is 1. The molecule has 104 valence electrons. The van der Waals surface area contributed by atoms with Gasteiger partial charge in [-0.1, -0.05) is 0 Å². The van der Waals surface area contributed by atoms with Crippen molar-refractivity contribution in [3.63, 3.8) is 0 Å². The summed E-state index contributed by atoms with van der Waals surface area (Å²) in [6.07, 6.45) is 5.02. The minimum absolute atomic E-state index is 0.328. The molecular weight excluding hydrogens is 256 g/mol. The number of hydrogen-bond donors (Lipinski definition) is 2. The maximum atomic E-state index is 10.4. The van der Waals surface area contributed by atoms with Crippen LogP contribution in [0, 0.1) is 0 Å². The lowest BCUT2D eigenvalue weighted by atomic mass is 10.0. The third kappa shape index (κ3) is 2.14. The number of hydrogen-bond acceptors (Lipinski definition) is 5. The average molecular weight is 272 g/mol. The Labute approximate surface area is 116 Å². The second-order valence-electron chi connectivity index (χ2n) is 4.97. The van der Waals surface area contributed by atoms with E-state index >= 15 is 0 Å². The van der Waals surface area contributed by atoms with Crippen LogP contribution in [-0.4, -0.2) is 26.4 Å². The van der Waals surface area contributed by atoms with Gasteiger partial charge in [0.25, 0.3) is 0 Å². The Morgan fingerprint density at radius 3 is 3.05 bits per heavy atom. The van der Waals surface area contributed by atoms with Crippen LogP contribution in [0.15, 0.2) is 41.3 Å². The molecule has 6 heteroatoms. The van der Waals surface area contributed by atoms with Crippen LogP contribution in [-0.2, 0) is 12.6 Å². The molecule has 2 N–H and O–H groups in total. The van der Waals surface area contributed by atoms with Crippen molar-refractivity contribution in [2.24, 2.45) is 7.05 Å². The predicted octanol–water partition coefficient (Wildman–Crippen LogP) is 1.88. The van der Waals surface area contributed by atoms with E-state index in [4.69, 9.17) is 4.42 Å². The van der Waals surface area contributed by atoms with Gasteiger partial charge in [-0.3, -0.25) is 4.68 Å². The van der Waals surface area contributed by atoms with Crippen LogP contribution in [0.4, 0.5) is 5.69 Å². The molecule has 0 fully saturated rings. The van der Waals surface area contributed by atoms with E-state index in [2.05, 4.69) is 15.4 Å². The molecule has 0 radical (unpaired) electrons. The second-order valence-corrected chi connectivity index (χ2v) is 4.97. The molecule has 0 saturated heterocycles. The number of pyridine rings is 1. The van der Waals surface area contributed by atoms with Gasteiger partial charge in [-0.2, -0.15) is 5.10 Å². The van der Waals surface area contributed by atoms with Gasteiger partial charge in [0, 0.05) is 18.9 Å². The fraction of sp³-hybridized carbons (Fsp3) is 0.286. The molecule has 3 rings (SSSR count). The van der Waals surface area contributed by atoms with Crippen molar-refractivity contribution in [1.82, 2.24) is 14.8 Å². The molecule has 0 aliphatic heterocycles.